The lowest BCUT2D eigenvalue weighted by molar-refractivity contribution is -0.121. The van der Waals surface area contributed by atoms with Gasteiger partial charge < -0.3 is 19.5 Å². The van der Waals surface area contributed by atoms with Gasteiger partial charge in [-0.2, -0.15) is 0 Å². The number of amides is 3. The molecule has 0 aliphatic heterocycles. The summed E-state index contributed by atoms with van der Waals surface area (Å²) in [6, 6.07) is 10.7. The largest absolute Gasteiger partial charge is 0.490 e. The van der Waals surface area contributed by atoms with E-state index < -0.39 is 11.9 Å². The van der Waals surface area contributed by atoms with E-state index >= 15 is 0 Å². The van der Waals surface area contributed by atoms with Crippen LogP contribution in [0.15, 0.2) is 42.5 Å². The van der Waals surface area contributed by atoms with Crippen molar-refractivity contribution >= 4 is 23.4 Å². The van der Waals surface area contributed by atoms with Gasteiger partial charge in [-0.15, -0.1) is 0 Å². The summed E-state index contributed by atoms with van der Waals surface area (Å²) < 4.78 is 16.3. The van der Waals surface area contributed by atoms with E-state index in [-0.39, 0.29) is 12.4 Å². The van der Waals surface area contributed by atoms with Crippen LogP contribution >= 0.6 is 0 Å². The Bertz CT molecular complexity index is 881. The minimum absolute atomic E-state index is 0.110. The highest BCUT2D eigenvalue weighted by atomic mass is 16.5. The first-order valence-corrected chi connectivity index (χ1v) is 9.17. The quantitative estimate of drug-likeness (QED) is 0.625. The van der Waals surface area contributed by atoms with E-state index in [4.69, 9.17) is 14.2 Å². The highest BCUT2D eigenvalue weighted by Gasteiger charge is 2.12. The molecule has 0 bridgehead atoms. The number of rotatable bonds is 9. The second-order valence-electron chi connectivity index (χ2n) is 5.90. The van der Waals surface area contributed by atoms with Crippen LogP contribution in [0, 0.1) is 0 Å². The maximum atomic E-state index is 12.0. The Morgan fingerprint density at radius 3 is 2.31 bits per heavy atom. The predicted molar refractivity (Wildman–Crippen MR) is 108 cm³/mol. The molecule has 0 aliphatic rings. The van der Waals surface area contributed by atoms with Gasteiger partial charge in [-0.25, -0.2) is 4.79 Å². The number of urea groups is 1. The number of imide groups is 1. The normalized spacial score (nSPS) is 10.0. The fourth-order valence-corrected chi connectivity index (χ4v) is 2.41. The van der Waals surface area contributed by atoms with E-state index in [1.807, 2.05) is 13.8 Å². The van der Waals surface area contributed by atoms with Gasteiger partial charge in [0.05, 0.1) is 13.2 Å². The molecule has 0 atom stereocenters. The average molecular weight is 400 g/mol. The summed E-state index contributed by atoms with van der Waals surface area (Å²) in [4.78, 5) is 35.4. The molecule has 2 aromatic carbocycles. The van der Waals surface area contributed by atoms with Gasteiger partial charge in [0.15, 0.2) is 23.9 Å². The average Bonchev–Trinajstić information content (AvgIpc) is 2.69. The van der Waals surface area contributed by atoms with E-state index in [0.717, 1.165) is 0 Å². The molecule has 2 aromatic rings. The smallest absolute Gasteiger partial charge is 0.325 e. The van der Waals surface area contributed by atoms with Gasteiger partial charge in [0, 0.05) is 17.3 Å². The number of Topliss-reactive ketones (excluding diaryl/α,β-unsaturated/α-hetero) is 1. The number of carbonyl (C=O) groups excluding carboxylic acids is 3. The number of hydrogen-bond donors (Lipinski definition) is 2. The fraction of sp³-hybridized carbons (Fsp3) is 0.286. The maximum absolute atomic E-state index is 12.0. The predicted octanol–water partition coefficient (Wildman–Crippen LogP) is 3.41. The van der Waals surface area contributed by atoms with E-state index in [2.05, 4.69) is 10.6 Å². The molecule has 0 aromatic heterocycles. The van der Waals surface area contributed by atoms with Gasteiger partial charge in [-0.05, 0) is 45.0 Å². The Kier molecular flexibility index (Phi) is 8.02. The summed E-state index contributed by atoms with van der Waals surface area (Å²) in [5, 5.41) is 4.73. The number of benzene rings is 2. The topological polar surface area (TPSA) is 103 Å². The molecule has 154 valence electrons. The van der Waals surface area contributed by atoms with E-state index in [1.54, 1.807) is 36.4 Å². The SMILES string of the molecule is CCOc1ccc(NC(=O)NC(=O)COc2cccc(C(C)=O)c2)cc1OCC. The third-order valence-corrected chi connectivity index (χ3v) is 3.66. The van der Waals surface area contributed by atoms with Crippen molar-refractivity contribution in [2.24, 2.45) is 0 Å². The lowest BCUT2D eigenvalue weighted by atomic mass is 10.1. The van der Waals surface area contributed by atoms with Gasteiger partial charge in [-0.3, -0.25) is 14.9 Å². The first kappa shape index (κ1) is 21.7. The van der Waals surface area contributed by atoms with Crippen LogP contribution in [0.1, 0.15) is 31.1 Å². The zero-order valence-electron chi connectivity index (χ0n) is 16.6. The Labute approximate surface area is 169 Å². The van der Waals surface area contributed by atoms with Crippen LogP contribution in [-0.2, 0) is 4.79 Å². The Hall–Kier alpha value is -3.55. The summed E-state index contributed by atoms with van der Waals surface area (Å²) >= 11 is 0. The van der Waals surface area contributed by atoms with Crippen LogP contribution < -0.4 is 24.8 Å². The van der Waals surface area contributed by atoms with Crippen molar-refractivity contribution in [2.75, 3.05) is 25.1 Å². The minimum atomic E-state index is -0.706. The van der Waals surface area contributed by atoms with Crippen molar-refractivity contribution in [3.8, 4) is 17.2 Å². The molecule has 0 aliphatic carbocycles. The molecular formula is C21H24N2O6. The van der Waals surface area contributed by atoms with Gasteiger partial charge in [0.2, 0.25) is 0 Å². The maximum Gasteiger partial charge on any atom is 0.325 e. The van der Waals surface area contributed by atoms with E-state index in [9.17, 15) is 14.4 Å². The van der Waals surface area contributed by atoms with Crippen molar-refractivity contribution in [2.45, 2.75) is 20.8 Å². The number of anilines is 1. The number of nitrogens with one attached hydrogen (secondary N) is 2. The van der Waals surface area contributed by atoms with Crippen LogP contribution in [-0.4, -0.2) is 37.5 Å². The van der Waals surface area contributed by atoms with Crippen LogP contribution in [0.5, 0.6) is 17.2 Å². The van der Waals surface area contributed by atoms with Crippen molar-refractivity contribution < 1.29 is 28.6 Å². The number of ketones is 1. The molecule has 0 unspecified atom stereocenters. The molecule has 0 fully saturated rings. The fourth-order valence-electron chi connectivity index (χ4n) is 2.41. The summed E-state index contributed by atoms with van der Waals surface area (Å²) in [5.74, 6) is 0.679. The number of ether oxygens (including phenoxy) is 3. The highest BCUT2D eigenvalue weighted by molar-refractivity contribution is 6.01. The molecule has 2 N–H and O–H groups in total. The summed E-state index contributed by atoms with van der Waals surface area (Å²) in [7, 11) is 0. The third-order valence-electron chi connectivity index (χ3n) is 3.66. The highest BCUT2D eigenvalue weighted by Crippen LogP contribution is 2.30. The van der Waals surface area contributed by atoms with Gasteiger partial charge in [0.1, 0.15) is 5.75 Å². The molecule has 29 heavy (non-hydrogen) atoms. The van der Waals surface area contributed by atoms with Gasteiger partial charge in [-0.1, -0.05) is 12.1 Å². The molecule has 0 heterocycles. The van der Waals surface area contributed by atoms with Crippen LogP contribution in [0.4, 0.5) is 10.5 Å². The van der Waals surface area contributed by atoms with Crippen LogP contribution in [0.3, 0.4) is 0 Å². The molecule has 2 rings (SSSR count). The first-order valence-electron chi connectivity index (χ1n) is 9.17. The van der Waals surface area contributed by atoms with E-state index in [0.29, 0.717) is 41.7 Å². The van der Waals surface area contributed by atoms with Crippen molar-refractivity contribution in [3.63, 3.8) is 0 Å². The second-order valence-corrected chi connectivity index (χ2v) is 5.90. The molecular weight excluding hydrogens is 376 g/mol. The molecule has 0 spiro atoms. The van der Waals surface area contributed by atoms with Crippen LogP contribution in [0.25, 0.3) is 0 Å². The number of carbonyl (C=O) groups is 3. The van der Waals surface area contributed by atoms with E-state index in [1.165, 1.54) is 13.0 Å². The minimum Gasteiger partial charge on any atom is -0.490 e. The zero-order valence-corrected chi connectivity index (χ0v) is 16.6. The Morgan fingerprint density at radius 1 is 0.897 bits per heavy atom. The lowest BCUT2D eigenvalue weighted by Crippen LogP contribution is -2.37. The molecule has 0 saturated carbocycles. The van der Waals surface area contributed by atoms with Crippen molar-refractivity contribution in [1.82, 2.24) is 5.32 Å². The second kappa shape index (κ2) is 10.7. The molecule has 0 saturated heterocycles. The van der Waals surface area contributed by atoms with Gasteiger partial charge >= 0.3 is 6.03 Å². The monoisotopic (exact) mass is 400 g/mol. The molecule has 0 radical (unpaired) electrons. The molecule has 8 nitrogen and oxygen atoms in total. The van der Waals surface area contributed by atoms with Crippen molar-refractivity contribution in [1.29, 1.82) is 0 Å². The summed E-state index contributed by atoms with van der Waals surface area (Å²) in [5.41, 5.74) is 0.915. The summed E-state index contributed by atoms with van der Waals surface area (Å²) in [6.07, 6.45) is 0. The Balaban J connectivity index is 1.90. The Morgan fingerprint density at radius 2 is 1.62 bits per heavy atom. The third kappa shape index (κ3) is 6.84. The summed E-state index contributed by atoms with van der Waals surface area (Å²) in [6.45, 7) is 5.69. The van der Waals surface area contributed by atoms with Crippen LogP contribution in [0.2, 0.25) is 0 Å². The first-order chi connectivity index (χ1) is 13.9. The van der Waals surface area contributed by atoms with Gasteiger partial charge in [0.25, 0.3) is 5.91 Å². The zero-order chi connectivity index (χ0) is 21.2. The molecule has 3 amide bonds. The number of hydrogen-bond acceptors (Lipinski definition) is 6. The molecule has 8 heteroatoms. The lowest BCUT2D eigenvalue weighted by Gasteiger charge is -2.13. The van der Waals surface area contributed by atoms with Crippen molar-refractivity contribution in [3.05, 3.63) is 48.0 Å². The standard InChI is InChI=1S/C21H24N2O6/c1-4-27-18-10-9-16(12-19(18)28-5-2)22-21(26)23-20(25)13-29-17-8-6-7-15(11-17)14(3)24/h6-12H,4-5,13H2,1-3H3,(H2,22,23,25,26).